The number of nitrogens with two attached hydrogens (primary N) is 1. The molecule has 107 heavy (non-hydrogen) atoms. The van der Waals surface area contributed by atoms with Gasteiger partial charge in [0, 0.05) is 79.1 Å². The van der Waals surface area contributed by atoms with Crippen LogP contribution in [0.15, 0.2) is 139 Å². The molecule has 564 valence electrons. The Morgan fingerprint density at radius 1 is 0.813 bits per heavy atom. The number of carbonyl (C=O) groups excluding carboxylic acids is 7. The summed E-state index contributed by atoms with van der Waals surface area (Å²) >= 11 is 8.50. The predicted octanol–water partition coefficient (Wildman–Crippen LogP) is 7.09. The highest BCUT2D eigenvalue weighted by atomic mass is 35.5. The van der Waals surface area contributed by atoms with E-state index in [1.165, 1.54) is 41.9 Å². The molecule has 0 bridgehead atoms. The number of primary amides is 1. The van der Waals surface area contributed by atoms with Crippen molar-refractivity contribution in [2.24, 2.45) is 17.6 Å². The van der Waals surface area contributed by atoms with Crippen molar-refractivity contribution in [3.63, 3.8) is 0 Å². The smallest absolute Gasteiger partial charge is 0.312 e. The van der Waals surface area contributed by atoms with Crippen LogP contribution >= 0.6 is 22.9 Å². The molecular weight excluding hydrogens is 1440 g/mol. The van der Waals surface area contributed by atoms with E-state index in [0.29, 0.717) is 114 Å². The van der Waals surface area contributed by atoms with Gasteiger partial charge in [0.2, 0.25) is 23.6 Å². The van der Waals surface area contributed by atoms with Gasteiger partial charge in [0.25, 0.3) is 21.9 Å². The third-order valence-corrected chi connectivity index (χ3v) is 21.0. The maximum Gasteiger partial charge on any atom is 0.312 e. The number of nitrogens with one attached hydrogen (secondary N) is 4. The number of nitrogens with zero attached hydrogens (tertiary/aromatic N) is 7. The Hall–Kier alpha value is -10.5. The number of hydrogen-bond donors (Lipinski definition) is 6. The number of hydrogen-bond acceptors (Lipinski definition) is 21. The first kappa shape index (κ1) is 79.0. The molecule has 0 radical (unpaired) electrons. The molecule has 28 nitrogen and oxygen atoms in total. The molecule has 0 saturated carbocycles. The number of ether oxygens (including phenoxy) is 5. The molecule has 7 N–H and O–H groups in total. The van der Waals surface area contributed by atoms with Crippen LogP contribution in [0.3, 0.4) is 0 Å². The van der Waals surface area contributed by atoms with Crippen LogP contribution < -0.4 is 51.1 Å². The van der Waals surface area contributed by atoms with E-state index in [1.54, 1.807) is 82.6 Å². The highest BCUT2D eigenvalue weighted by molar-refractivity contribution is 7.85. The molecule has 7 amide bonds. The van der Waals surface area contributed by atoms with Crippen molar-refractivity contribution in [1.82, 2.24) is 45.7 Å². The van der Waals surface area contributed by atoms with Gasteiger partial charge in [-0.15, -0.1) is 11.3 Å². The standard InChI is InChI=1S/C75H82ClFN12O16S2/c1-44(2)66(85-60(90)27-36-102-37-33-88-61(91)23-24-62(88)92)70(93)86-67(45(3)25-28-80-75(78)97)71(94)84-51-20-17-49(59(40-51)107(98,99)100)41-89(5)34-30-87(31-35-89)32-38-103-57-22-21-53(46(4)65(57)76)63-64-72(81-43-82-73(64)106-68(63)47-15-18-50(77)19-16-47)105-58(74(95)96)39-48-11-7-9-13-55(48)104-42-52-26-29-79-69(83-52)54-12-8-10-14-56(54)101-6/h7-24,26,29,40,43-45,58,66-67H,25,27-28,30-39,41-42H2,1-6H3,(H7-,78,80,84,85,86,90,93,94,95,96,97,98,99,100)/t45?,58-,66+,67+/m1/s1. The molecule has 0 aliphatic carbocycles. The van der Waals surface area contributed by atoms with Gasteiger partial charge in [-0.05, 0) is 108 Å². The lowest BCUT2D eigenvalue weighted by Gasteiger charge is -2.42. The fourth-order valence-electron chi connectivity index (χ4n) is 12.5. The third kappa shape index (κ3) is 20.3. The zero-order valence-electron chi connectivity index (χ0n) is 59.5. The van der Waals surface area contributed by atoms with Crippen LogP contribution in [0.5, 0.6) is 23.1 Å². The molecule has 0 spiro atoms. The SMILES string of the molecule is COc1ccccc1-c1nccc(COc2ccccc2C[C@@H](Oc2ncnc3sc(-c4ccc(F)cc4)c(-c4ccc(OCCN5CC[N+](C)(Cc6ccc(NC(=O)[C@@H](NC(=O)[C@@H](NC(=O)CCOCCN7C(=O)C=CC7=O)C(C)C)C(C)CCNC(N)=O)cc6S(=O)(=O)O)CC5)c(Cl)c4C)c23)C(=O)[O-])n1. The van der Waals surface area contributed by atoms with Gasteiger partial charge in [0.1, 0.15) is 77.1 Å². The first-order chi connectivity index (χ1) is 51.2. The topological polar surface area (TPSA) is 375 Å². The zero-order chi connectivity index (χ0) is 76.7. The largest absolute Gasteiger partial charge is 0.546 e. The minimum Gasteiger partial charge on any atom is -0.546 e. The lowest BCUT2D eigenvalue weighted by molar-refractivity contribution is -0.926. The van der Waals surface area contributed by atoms with Gasteiger partial charge in [-0.3, -0.25) is 38.3 Å². The number of carboxylic acid groups (broad SMARTS) is 1. The molecule has 5 aromatic carbocycles. The Kier molecular flexibility index (Phi) is 26.4. The number of amides is 7. The van der Waals surface area contributed by atoms with Gasteiger partial charge in [0.05, 0.1) is 74.6 Å². The number of fused-ring (bicyclic) bond motifs is 1. The van der Waals surface area contributed by atoms with Crippen LogP contribution in [0, 0.1) is 24.6 Å². The maximum absolute atomic E-state index is 14.5. The number of para-hydroxylation sites is 2. The van der Waals surface area contributed by atoms with Gasteiger partial charge in [-0.1, -0.05) is 80.9 Å². The molecule has 3 aromatic heterocycles. The minimum absolute atomic E-state index is 0.0123. The quantitative estimate of drug-likeness (QED) is 0.00998. The second-order valence-corrected chi connectivity index (χ2v) is 29.1. The van der Waals surface area contributed by atoms with E-state index >= 15 is 0 Å². The molecule has 1 fully saturated rings. The molecule has 32 heteroatoms. The van der Waals surface area contributed by atoms with E-state index in [0.717, 1.165) is 23.1 Å². The van der Waals surface area contributed by atoms with Gasteiger partial charge < -0.3 is 65.1 Å². The highest BCUT2D eigenvalue weighted by Crippen LogP contribution is 2.50. The second-order valence-electron chi connectivity index (χ2n) is 26.4. The molecule has 2 aliphatic heterocycles. The summed E-state index contributed by atoms with van der Waals surface area (Å²) < 4.78 is 81.8. The van der Waals surface area contributed by atoms with Crippen molar-refractivity contribution in [3.8, 4) is 56.1 Å². The van der Waals surface area contributed by atoms with Gasteiger partial charge in [-0.25, -0.2) is 29.1 Å². The highest BCUT2D eigenvalue weighted by Gasteiger charge is 2.36. The number of piperazine rings is 1. The number of anilines is 1. The van der Waals surface area contributed by atoms with E-state index in [2.05, 4.69) is 41.1 Å². The normalized spacial score (nSPS) is 14.8. The van der Waals surface area contributed by atoms with Crippen molar-refractivity contribution >= 4 is 90.5 Å². The number of aromatic nitrogens is 4. The Labute approximate surface area is 626 Å². The third-order valence-electron chi connectivity index (χ3n) is 18.4. The first-order valence-electron chi connectivity index (χ1n) is 34.4. The van der Waals surface area contributed by atoms with Gasteiger partial charge in [-0.2, -0.15) is 8.42 Å². The summed E-state index contributed by atoms with van der Waals surface area (Å²) in [5, 5.41) is 24.4. The van der Waals surface area contributed by atoms with Crippen LogP contribution in [0.25, 0.3) is 43.2 Å². The average Bonchev–Trinajstić information content (AvgIpc) is 1.61. The number of rotatable bonds is 35. The summed E-state index contributed by atoms with van der Waals surface area (Å²) in [6.45, 7) is 9.88. The van der Waals surface area contributed by atoms with Crippen molar-refractivity contribution in [3.05, 3.63) is 167 Å². The maximum atomic E-state index is 14.5. The zero-order valence-corrected chi connectivity index (χ0v) is 61.9. The molecule has 1 unspecified atom stereocenters. The molecular formula is C75H82ClFN12O16S2. The molecule has 10 rings (SSSR count). The number of likely N-dealkylation sites (N-methyl/N-ethyl adjacent to an activating group) is 1. The van der Waals surface area contributed by atoms with Crippen molar-refractivity contribution in [2.75, 3.05) is 85.1 Å². The Morgan fingerprint density at radius 2 is 1.53 bits per heavy atom. The van der Waals surface area contributed by atoms with E-state index in [9.17, 15) is 56.0 Å². The van der Waals surface area contributed by atoms with E-state index in [-0.39, 0.29) is 87.5 Å². The number of carbonyl (C=O) groups is 7. The van der Waals surface area contributed by atoms with Crippen LogP contribution in [0.2, 0.25) is 5.02 Å². The summed E-state index contributed by atoms with van der Waals surface area (Å²) in [5.41, 5.74) is 9.69. The van der Waals surface area contributed by atoms with Gasteiger partial charge in [0.15, 0.2) is 5.82 Å². The molecule has 4 atom stereocenters. The lowest BCUT2D eigenvalue weighted by atomic mass is 9.95. The van der Waals surface area contributed by atoms with E-state index in [1.807, 2.05) is 44.3 Å². The van der Waals surface area contributed by atoms with Crippen LogP contribution in [0.4, 0.5) is 14.9 Å². The summed E-state index contributed by atoms with van der Waals surface area (Å²) in [7, 11) is -1.35. The Bertz CT molecular complexity index is 4730. The number of methoxy groups -OCH3 is 1. The Balaban J connectivity index is 0.777. The number of halogens is 2. The number of thiophene rings is 1. The molecule has 2 aliphatic rings. The number of benzene rings is 5. The van der Waals surface area contributed by atoms with Crippen molar-refractivity contribution in [2.45, 2.75) is 83.2 Å². The average molecular weight is 1530 g/mol. The second kappa shape index (κ2) is 35.7. The number of imide groups is 1. The summed E-state index contributed by atoms with van der Waals surface area (Å²) in [5.74, 6) is -4.37. The fraction of sp³-hybridized carbons (Fsp3) is 0.347. The van der Waals surface area contributed by atoms with Crippen molar-refractivity contribution < 1.29 is 84.2 Å². The van der Waals surface area contributed by atoms with Crippen LogP contribution in [0.1, 0.15) is 56.0 Å². The van der Waals surface area contributed by atoms with Gasteiger partial charge >= 0.3 is 6.03 Å². The fourth-order valence-corrected chi connectivity index (χ4v) is 14.6. The minimum atomic E-state index is -4.88. The molecule has 1 saturated heterocycles. The lowest BCUT2D eigenvalue weighted by Crippen LogP contribution is -2.57. The summed E-state index contributed by atoms with van der Waals surface area (Å²) in [6, 6.07) is 26.4. The summed E-state index contributed by atoms with van der Waals surface area (Å²) in [6.07, 6.45) is 3.37. The predicted molar refractivity (Wildman–Crippen MR) is 394 cm³/mol. The summed E-state index contributed by atoms with van der Waals surface area (Å²) in [4.78, 5) is 112. The molecule has 8 aromatic rings. The number of carboxylic acids is 1. The van der Waals surface area contributed by atoms with Crippen LogP contribution in [-0.4, -0.2) is 187 Å². The van der Waals surface area contributed by atoms with E-state index < -0.39 is 92.4 Å². The van der Waals surface area contributed by atoms with Crippen molar-refractivity contribution in [1.29, 1.82) is 0 Å². The Morgan fingerprint density at radius 3 is 2.23 bits per heavy atom. The number of urea groups is 1. The number of aliphatic carboxylic acids is 1. The monoisotopic (exact) mass is 1520 g/mol. The molecule has 5 heterocycles. The van der Waals surface area contributed by atoms with Crippen LogP contribution in [-0.2, 0) is 63.2 Å². The number of quaternary nitrogens is 1. The van der Waals surface area contributed by atoms with E-state index in [4.69, 9.17) is 46.0 Å². The first-order valence-corrected chi connectivity index (χ1v) is 37.0.